The molecule has 1 aromatic rings. The maximum atomic E-state index is 6.14. The topological polar surface area (TPSA) is 47.3 Å². The number of hydrogen-bond acceptors (Lipinski definition) is 3. The monoisotopic (exact) mass is 236 g/mol. The summed E-state index contributed by atoms with van der Waals surface area (Å²) in [6, 6.07) is 6.26. The average molecular weight is 236 g/mol. The molecule has 3 nitrogen and oxygen atoms in total. The second kappa shape index (κ2) is 6.62. The molecule has 0 aliphatic carbocycles. The Morgan fingerprint density at radius 1 is 1.35 bits per heavy atom. The number of rotatable bonds is 6. The van der Waals surface area contributed by atoms with Gasteiger partial charge in [-0.25, -0.2) is 0 Å². The molecule has 0 saturated carbocycles. The van der Waals surface area contributed by atoms with Crippen molar-refractivity contribution in [3.05, 3.63) is 29.3 Å². The zero-order valence-corrected chi connectivity index (χ0v) is 11.3. The molecule has 3 N–H and O–H groups in total. The summed E-state index contributed by atoms with van der Waals surface area (Å²) < 4.78 is 5.37. The molecule has 17 heavy (non-hydrogen) atoms. The van der Waals surface area contributed by atoms with Gasteiger partial charge < -0.3 is 15.8 Å². The minimum Gasteiger partial charge on any atom is -0.496 e. The van der Waals surface area contributed by atoms with Crippen LogP contribution in [0.25, 0.3) is 0 Å². The molecule has 1 atom stereocenters. The molecular weight excluding hydrogens is 212 g/mol. The lowest BCUT2D eigenvalue weighted by Gasteiger charge is -2.17. The molecule has 0 bridgehead atoms. The van der Waals surface area contributed by atoms with Gasteiger partial charge in [0.15, 0.2) is 0 Å². The van der Waals surface area contributed by atoms with Crippen LogP contribution in [-0.4, -0.2) is 20.2 Å². The molecule has 0 heterocycles. The summed E-state index contributed by atoms with van der Waals surface area (Å²) in [5.74, 6) is 1.38. The Morgan fingerprint density at radius 2 is 2.06 bits per heavy atom. The summed E-state index contributed by atoms with van der Waals surface area (Å²) >= 11 is 0. The zero-order chi connectivity index (χ0) is 12.8. The van der Waals surface area contributed by atoms with Gasteiger partial charge in [-0.05, 0) is 29.7 Å². The summed E-state index contributed by atoms with van der Waals surface area (Å²) in [5, 5.41) is 3.27. The van der Waals surface area contributed by atoms with E-state index in [1.807, 2.05) is 12.1 Å². The van der Waals surface area contributed by atoms with Crippen LogP contribution in [0.2, 0.25) is 0 Å². The van der Waals surface area contributed by atoms with Gasteiger partial charge in [-0.1, -0.05) is 32.9 Å². The number of nitrogens with one attached hydrogen (secondary N) is 1. The second-order valence-corrected chi connectivity index (χ2v) is 4.57. The van der Waals surface area contributed by atoms with E-state index in [2.05, 4.69) is 32.2 Å². The zero-order valence-electron chi connectivity index (χ0n) is 11.3. The van der Waals surface area contributed by atoms with Crippen LogP contribution in [0.15, 0.2) is 18.2 Å². The Balaban J connectivity index is 2.91. The molecule has 96 valence electrons. The fourth-order valence-electron chi connectivity index (χ4n) is 1.85. The molecule has 0 aromatic heterocycles. The summed E-state index contributed by atoms with van der Waals surface area (Å²) in [6.45, 7) is 8.16. The van der Waals surface area contributed by atoms with E-state index in [0.29, 0.717) is 5.92 Å². The first-order valence-corrected chi connectivity index (χ1v) is 6.24. The Labute approximate surface area is 104 Å². The van der Waals surface area contributed by atoms with E-state index < -0.39 is 0 Å². The molecule has 1 rings (SSSR count). The third kappa shape index (κ3) is 3.72. The van der Waals surface area contributed by atoms with Crippen LogP contribution in [0.3, 0.4) is 0 Å². The molecule has 0 spiro atoms. The van der Waals surface area contributed by atoms with E-state index in [0.717, 1.165) is 24.4 Å². The Morgan fingerprint density at radius 3 is 2.59 bits per heavy atom. The van der Waals surface area contributed by atoms with E-state index in [1.165, 1.54) is 5.56 Å². The lowest BCUT2D eigenvalue weighted by atomic mass is 9.97. The fraction of sp³-hybridized carbons (Fsp3) is 0.571. The van der Waals surface area contributed by atoms with Crippen LogP contribution in [-0.2, 0) is 0 Å². The number of ether oxygens (including phenoxy) is 1. The van der Waals surface area contributed by atoms with Gasteiger partial charge >= 0.3 is 0 Å². The number of likely N-dealkylation sites (N-methyl/N-ethyl adjacent to an activating group) is 1. The van der Waals surface area contributed by atoms with Crippen molar-refractivity contribution in [2.75, 3.05) is 20.2 Å². The summed E-state index contributed by atoms with van der Waals surface area (Å²) in [6.07, 6.45) is 0. The maximum Gasteiger partial charge on any atom is 0.122 e. The van der Waals surface area contributed by atoms with Crippen molar-refractivity contribution < 1.29 is 4.74 Å². The number of hydrogen-bond donors (Lipinski definition) is 2. The minimum atomic E-state index is 0.0401. The lowest BCUT2D eigenvalue weighted by molar-refractivity contribution is 0.407. The van der Waals surface area contributed by atoms with Crippen LogP contribution >= 0.6 is 0 Å². The van der Waals surface area contributed by atoms with Crippen molar-refractivity contribution in [3.8, 4) is 5.75 Å². The summed E-state index contributed by atoms with van der Waals surface area (Å²) in [7, 11) is 1.71. The van der Waals surface area contributed by atoms with Crippen LogP contribution in [0.5, 0.6) is 5.75 Å². The van der Waals surface area contributed by atoms with Gasteiger partial charge in [0.05, 0.1) is 7.11 Å². The highest BCUT2D eigenvalue weighted by atomic mass is 16.5. The molecule has 3 heteroatoms. The number of nitrogens with two attached hydrogens (primary N) is 1. The van der Waals surface area contributed by atoms with Crippen molar-refractivity contribution >= 4 is 0 Å². The predicted molar refractivity (Wildman–Crippen MR) is 72.6 cm³/mol. The predicted octanol–water partition coefficient (Wildman–Crippen LogP) is 2.43. The highest BCUT2D eigenvalue weighted by molar-refractivity contribution is 5.40. The van der Waals surface area contributed by atoms with Crippen LogP contribution in [0.1, 0.15) is 43.9 Å². The maximum absolute atomic E-state index is 6.14. The first-order chi connectivity index (χ1) is 8.10. The molecule has 0 fully saturated rings. The highest BCUT2D eigenvalue weighted by Gasteiger charge is 2.11. The first kappa shape index (κ1) is 14.0. The molecule has 0 saturated heterocycles. The molecule has 0 amide bonds. The Kier molecular flexibility index (Phi) is 5.45. The highest BCUT2D eigenvalue weighted by Crippen LogP contribution is 2.28. The molecular formula is C14H24N2O. The quantitative estimate of drug-likeness (QED) is 0.797. The third-order valence-electron chi connectivity index (χ3n) is 2.92. The van der Waals surface area contributed by atoms with Gasteiger partial charge in [0, 0.05) is 12.6 Å². The van der Waals surface area contributed by atoms with Crippen molar-refractivity contribution in [1.82, 2.24) is 5.32 Å². The third-order valence-corrected chi connectivity index (χ3v) is 2.92. The van der Waals surface area contributed by atoms with Gasteiger partial charge in [-0.3, -0.25) is 0 Å². The van der Waals surface area contributed by atoms with E-state index in [9.17, 15) is 0 Å². The molecule has 1 aromatic carbocycles. The van der Waals surface area contributed by atoms with Crippen LogP contribution in [0.4, 0.5) is 0 Å². The molecule has 0 aliphatic rings. The van der Waals surface area contributed by atoms with Gasteiger partial charge in [0.1, 0.15) is 5.75 Å². The van der Waals surface area contributed by atoms with Gasteiger partial charge in [0.25, 0.3) is 0 Å². The summed E-state index contributed by atoms with van der Waals surface area (Å²) in [5.41, 5.74) is 8.52. The molecule has 0 aliphatic heterocycles. The van der Waals surface area contributed by atoms with E-state index >= 15 is 0 Å². The fourth-order valence-corrected chi connectivity index (χ4v) is 1.85. The Bertz CT molecular complexity index is 350. The van der Waals surface area contributed by atoms with Crippen LogP contribution in [0, 0.1) is 0 Å². The lowest BCUT2D eigenvalue weighted by Crippen LogP contribution is -2.26. The number of methoxy groups -OCH3 is 1. The van der Waals surface area contributed by atoms with Gasteiger partial charge in [-0.15, -0.1) is 0 Å². The first-order valence-electron chi connectivity index (χ1n) is 6.24. The van der Waals surface area contributed by atoms with Gasteiger partial charge in [0.2, 0.25) is 0 Å². The smallest absolute Gasteiger partial charge is 0.122 e. The SMILES string of the molecule is CCNCC(N)c1ccc(OC)c(C(C)C)c1. The van der Waals surface area contributed by atoms with Crippen molar-refractivity contribution in [2.24, 2.45) is 5.73 Å². The second-order valence-electron chi connectivity index (χ2n) is 4.57. The molecule has 0 radical (unpaired) electrons. The largest absolute Gasteiger partial charge is 0.496 e. The average Bonchev–Trinajstić information content (AvgIpc) is 2.34. The van der Waals surface area contributed by atoms with E-state index in [-0.39, 0.29) is 6.04 Å². The van der Waals surface area contributed by atoms with E-state index in [1.54, 1.807) is 7.11 Å². The van der Waals surface area contributed by atoms with E-state index in [4.69, 9.17) is 10.5 Å². The molecule has 1 unspecified atom stereocenters. The standard InChI is InChI=1S/C14H24N2O/c1-5-16-9-13(15)11-6-7-14(17-4)12(8-11)10(2)3/h6-8,10,13,16H,5,9,15H2,1-4H3. The van der Waals surface area contributed by atoms with Crippen molar-refractivity contribution in [2.45, 2.75) is 32.7 Å². The number of benzene rings is 1. The van der Waals surface area contributed by atoms with Gasteiger partial charge in [-0.2, -0.15) is 0 Å². The summed E-state index contributed by atoms with van der Waals surface area (Å²) in [4.78, 5) is 0. The Hall–Kier alpha value is -1.06. The van der Waals surface area contributed by atoms with Crippen LogP contribution < -0.4 is 15.8 Å². The van der Waals surface area contributed by atoms with Crippen molar-refractivity contribution in [1.29, 1.82) is 0 Å². The van der Waals surface area contributed by atoms with Crippen molar-refractivity contribution in [3.63, 3.8) is 0 Å². The normalized spacial score (nSPS) is 12.8. The minimum absolute atomic E-state index is 0.0401.